The molecular weight excluding hydrogens is 324 g/mol. The first-order valence-corrected chi connectivity index (χ1v) is 7.94. The Morgan fingerprint density at radius 3 is 1.60 bits per heavy atom. The number of nitrogens with zero attached hydrogens (tertiary/aromatic N) is 2. The fourth-order valence-corrected chi connectivity index (χ4v) is 2.36. The predicted molar refractivity (Wildman–Crippen MR) is 94.2 cm³/mol. The second-order valence-corrected chi connectivity index (χ2v) is 5.56. The van der Waals surface area contributed by atoms with Crippen molar-refractivity contribution in [3.63, 3.8) is 0 Å². The number of nitrogens with one attached hydrogen (secondary N) is 2. The summed E-state index contributed by atoms with van der Waals surface area (Å²) in [5.41, 5.74) is 1.94. The average molecular weight is 344 g/mol. The van der Waals surface area contributed by atoms with E-state index in [1.807, 2.05) is 12.1 Å². The second-order valence-electron chi connectivity index (χ2n) is 5.56. The monoisotopic (exact) mass is 344 g/mol. The van der Waals surface area contributed by atoms with Crippen molar-refractivity contribution in [2.24, 2.45) is 0 Å². The smallest absolute Gasteiger partial charge is 0.269 e. The largest absolute Gasteiger partial charge is 0.313 e. The zero-order valence-corrected chi connectivity index (χ0v) is 13.7. The van der Waals surface area contributed by atoms with Crippen molar-refractivity contribution in [3.8, 4) is 0 Å². The number of benzene rings is 2. The lowest BCUT2D eigenvalue weighted by molar-refractivity contribution is -0.385. The summed E-state index contributed by atoms with van der Waals surface area (Å²) in [7, 11) is 0. The normalized spacial score (nSPS) is 10.6. The van der Waals surface area contributed by atoms with Crippen LogP contribution in [0.5, 0.6) is 0 Å². The first-order valence-electron chi connectivity index (χ1n) is 7.94. The number of non-ortho nitro benzene ring substituents is 2. The molecule has 0 aliphatic rings. The molecule has 0 aliphatic heterocycles. The number of nitro groups is 2. The summed E-state index contributed by atoms with van der Waals surface area (Å²) in [4.78, 5) is 20.6. The summed E-state index contributed by atoms with van der Waals surface area (Å²) in [5.74, 6) is 0. The molecule has 0 bridgehead atoms. The molecule has 0 aromatic heterocycles. The quantitative estimate of drug-likeness (QED) is 0.389. The highest BCUT2D eigenvalue weighted by molar-refractivity contribution is 5.34. The van der Waals surface area contributed by atoms with Crippen molar-refractivity contribution in [1.82, 2.24) is 10.6 Å². The van der Waals surface area contributed by atoms with Gasteiger partial charge in [0, 0.05) is 37.4 Å². The van der Waals surface area contributed by atoms with Crippen LogP contribution in [0.15, 0.2) is 48.5 Å². The highest BCUT2D eigenvalue weighted by Gasteiger charge is 2.06. The molecule has 2 rings (SSSR count). The Morgan fingerprint density at radius 2 is 1.20 bits per heavy atom. The molecule has 0 atom stereocenters. The zero-order valence-electron chi connectivity index (χ0n) is 13.7. The Labute approximate surface area is 145 Å². The van der Waals surface area contributed by atoms with Crippen LogP contribution in [0.2, 0.25) is 0 Å². The van der Waals surface area contributed by atoms with Crippen LogP contribution >= 0.6 is 0 Å². The highest BCUT2D eigenvalue weighted by Crippen LogP contribution is 2.13. The molecule has 2 aromatic rings. The molecule has 8 nitrogen and oxygen atoms in total. The van der Waals surface area contributed by atoms with Crippen LogP contribution in [-0.2, 0) is 13.1 Å². The summed E-state index contributed by atoms with van der Waals surface area (Å²) in [6, 6.07) is 13.1. The molecule has 25 heavy (non-hydrogen) atoms. The van der Waals surface area contributed by atoms with E-state index in [9.17, 15) is 20.2 Å². The highest BCUT2D eigenvalue weighted by atomic mass is 16.6. The second kappa shape index (κ2) is 9.45. The van der Waals surface area contributed by atoms with Gasteiger partial charge in [-0.05, 0) is 30.6 Å². The van der Waals surface area contributed by atoms with Gasteiger partial charge in [-0.25, -0.2) is 0 Å². The molecule has 0 saturated carbocycles. The van der Waals surface area contributed by atoms with E-state index < -0.39 is 9.85 Å². The first-order chi connectivity index (χ1) is 12.1. The Kier molecular flexibility index (Phi) is 7.00. The maximum Gasteiger partial charge on any atom is 0.269 e. The molecule has 2 N–H and O–H groups in total. The van der Waals surface area contributed by atoms with Gasteiger partial charge in [0.15, 0.2) is 0 Å². The van der Waals surface area contributed by atoms with Crippen molar-refractivity contribution < 1.29 is 9.85 Å². The van der Waals surface area contributed by atoms with Gasteiger partial charge < -0.3 is 10.6 Å². The zero-order chi connectivity index (χ0) is 18.1. The van der Waals surface area contributed by atoms with Gasteiger partial charge in [-0.1, -0.05) is 24.3 Å². The van der Waals surface area contributed by atoms with Gasteiger partial charge in [0.25, 0.3) is 11.4 Å². The third-order valence-corrected chi connectivity index (χ3v) is 3.61. The van der Waals surface area contributed by atoms with Gasteiger partial charge in [-0.15, -0.1) is 0 Å². The van der Waals surface area contributed by atoms with Crippen molar-refractivity contribution in [3.05, 3.63) is 79.9 Å². The van der Waals surface area contributed by atoms with E-state index in [0.717, 1.165) is 30.6 Å². The minimum absolute atomic E-state index is 0.0953. The van der Waals surface area contributed by atoms with Crippen LogP contribution in [0, 0.1) is 20.2 Å². The van der Waals surface area contributed by atoms with Crippen molar-refractivity contribution >= 4 is 11.4 Å². The summed E-state index contributed by atoms with van der Waals surface area (Å²) in [6.45, 7) is 2.69. The van der Waals surface area contributed by atoms with E-state index in [-0.39, 0.29) is 11.4 Å². The fourth-order valence-electron chi connectivity index (χ4n) is 2.36. The van der Waals surface area contributed by atoms with Gasteiger partial charge >= 0.3 is 0 Å². The van der Waals surface area contributed by atoms with Gasteiger partial charge in [0.05, 0.1) is 9.85 Å². The van der Waals surface area contributed by atoms with Crippen molar-refractivity contribution in [1.29, 1.82) is 0 Å². The Balaban J connectivity index is 1.62. The van der Waals surface area contributed by atoms with E-state index in [2.05, 4.69) is 10.6 Å². The standard InChI is InChI=1S/C17H20N4O4/c22-20(23)16-6-1-4-14(10-16)12-18-8-3-9-19-13-15-5-2-7-17(11-15)21(24)25/h1-2,4-7,10-11,18-19H,3,8-9,12-13H2. The van der Waals surface area contributed by atoms with Crippen molar-refractivity contribution in [2.45, 2.75) is 19.5 Å². The Hall–Kier alpha value is -2.84. The summed E-state index contributed by atoms with van der Waals surface area (Å²) < 4.78 is 0. The third kappa shape index (κ3) is 6.28. The van der Waals surface area contributed by atoms with Crippen LogP contribution in [0.3, 0.4) is 0 Å². The van der Waals surface area contributed by atoms with Crippen LogP contribution in [0.4, 0.5) is 11.4 Å². The van der Waals surface area contributed by atoms with E-state index in [1.54, 1.807) is 24.3 Å². The summed E-state index contributed by atoms with van der Waals surface area (Å²) >= 11 is 0. The van der Waals surface area contributed by atoms with E-state index in [0.29, 0.717) is 13.1 Å². The SMILES string of the molecule is O=[N+]([O-])c1cccc(CNCCCNCc2cccc([N+](=O)[O-])c2)c1. The van der Waals surface area contributed by atoms with Crippen LogP contribution in [0.1, 0.15) is 17.5 Å². The van der Waals surface area contributed by atoms with Crippen LogP contribution < -0.4 is 10.6 Å². The van der Waals surface area contributed by atoms with Crippen molar-refractivity contribution in [2.75, 3.05) is 13.1 Å². The minimum Gasteiger partial charge on any atom is -0.313 e. The van der Waals surface area contributed by atoms with Crippen LogP contribution in [0.25, 0.3) is 0 Å². The van der Waals surface area contributed by atoms with Gasteiger partial charge in [-0.3, -0.25) is 20.2 Å². The lowest BCUT2D eigenvalue weighted by Crippen LogP contribution is -2.21. The van der Waals surface area contributed by atoms with Gasteiger partial charge in [-0.2, -0.15) is 0 Å². The number of nitro benzene ring substituents is 2. The molecule has 0 radical (unpaired) electrons. The Bertz CT molecular complexity index is 675. The molecule has 8 heteroatoms. The molecular formula is C17H20N4O4. The minimum atomic E-state index is -0.401. The molecule has 0 saturated heterocycles. The molecule has 132 valence electrons. The van der Waals surface area contributed by atoms with E-state index in [1.165, 1.54) is 12.1 Å². The summed E-state index contributed by atoms with van der Waals surface area (Å²) in [5, 5.41) is 27.9. The Morgan fingerprint density at radius 1 is 0.760 bits per heavy atom. The molecule has 0 fully saturated rings. The summed E-state index contributed by atoms with van der Waals surface area (Å²) in [6.07, 6.45) is 0.879. The van der Waals surface area contributed by atoms with Gasteiger partial charge in [0.2, 0.25) is 0 Å². The first kappa shape index (κ1) is 18.5. The number of hydrogen-bond acceptors (Lipinski definition) is 6. The predicted octanol–water partition coefficient (Wildman–Crippen LogP) is 2.77. The van der Waals surface area contributed by atoms with Crippen LogP contribution in [-0.4, -0.2) is 22.9 Å². The molecule has 0 unspecified atom stereocenters. The van der Waals surface area contributed by atoms with E-state index in [4.69, 9.17) is 0 Å². The third-order valence-electron chi connectivity index (χ3n) is 3.61. The molecule has 0 amide bonds. The molecule has 0 spiro atoms. The van der Waals surface area contributed by atoms with Gasteiger partial charge in [0.1, 0.15) is 0 Å². The maximum atomic E-state index is 10.7. The molecule has 0 aliphatic carbocycles. The lowest BCUT2D eigenvalue weighted by Gasteiger charge is -2.07. The lowest BCUT2D eigenvalue weighted by atomic mass is 10.2. The fraction of sp³-hybridized carbons (Fsp3) is 0.294. The van der Waals surface area contributed by atoms with E-state index >= 15 is 0 Å². The molecule has 0 heterocycles. The molecule has 2 aromatic carbocycles. The topological polar surface area (TPSA) is 110 Å². The maximum absolute atomic E-state index is 10.7. The average Bonchev–Trinajstić information content (AvgIpc) is 2.61. The number of hydrogen-bond donors (Lipinski definition) is 2. The number of rotatable bonds is 10.